The molecule has 3 heteroatoms. The molecule has 0 saturated heterocycles. The van der Waals surface area contributed by atoms with Crippen molar-refractivity contribution in [2.24, 2.45) is 0 Å². The molecule has 1 amide bonds. The zero-order valence-electron chi connectivity index (χ0n) is 8.37. The highest BCUT2D eigenvalue weighted by Crippen LogP contribution is 2.02. The summed E-state index contributed by atoms with van der Waals surface area (Å²) >= 11 is 0. The highest BCUT2D eigenvalue weighted by Gasteiger charge is 2.11. The Balaban J connectivity index is 3.72. The first-order chi connectivity index (χ1) is 5.45. The fourth-order valence-corrected chi connectivity index (χ4v) is 0.797. The van der Waals surface area contributed by atoms with Crippen LogP contribution in [0, 0.1) is 0 Å². The van der Waals surface area contributed by atoms with E-state index >= 15 is 0 Å². The predicted molar refractivity (Wildman–Crippen MR) is 48.8 cm³/mol. The summed E-state index contributed by atoms with van der Waals surface area (Å²) in [6.45, 7) is 5.64. The van der Waals surface area contributed by atoms with Crippen molar-refractivity contribution in [1.82, 2.24) is 4.90 Å². The Bertz CT molecular complexity index is 143. The summed E-state index contributed by atoms with van der Waals surface area (Å²) in [4.78, 5) is 13.0. The van der Waals surface area contributed by atoms with Gasteiger partial charge in [0.15, 0.2) is 0 Å². The van der Waals surface area contributed by atoms with Crippen molar-refractivity contribution < 1.29 is 9.90 Å². The number of carbonyl (C=O) groups excluding carboxylic acids is 1. The van der Waals surface area contributed by atoms with Crippen LogP contribution >= 0.6 is 0 Å². The second-order valence-corrected chi connectivity index (χ2v) is 3.49. The van der Waals surface area contributed by atoms with E-state index in [2.05, 4.69) is 0 Å². The Labute approximate surface area is 74.4 Å². The third kappa shape index (κ3) is 4.34. The molecule has 0 aromatic carbocycles. The molecule has 0 fully saturated rings. The van der Waals surface area contributed by atoms with E-state index < -0.39 is 0 Å². The maximum atomic E-state index is 11.3. The molecule has 0 spiro atoms. The molecular weight excluding hydrogens is 154 g/mol. The number of nitrogens with zero attached hydrogens (tertiary/aromatic N) is 1. The Morgan fingerprint density at radius 2 is 1.92 bits per heavy atom. The molecule has 72 valence electrons. The van der Waals surface area contributed by atoms with Crippen molar-refractivity contribution in [3.8, 4) is 0 Å². The summed E-state index contributed by atoms with van der Waals surface area (Å²) in [5.41, 5.74) is 0. The average Bonchev–Trinajstić information content (AvgIpc) is 1.98. The van der Waals surface area contributed by atoms with Gasteiger partial charge in [-0.3, -0.25) is 4.79 Å². The van der Waals surface area contributed by atoms with Gasteiger partial charge < -0.3 is 10.0 Å². The minimum absolute atomic E-state index is 0.103. The average molecular weight is 173 g/mol. The minimum Gasteiger partial charge on any atom is -0.393 e. The zero-order valence-corrected chi connectivity index (χ0v) is 8.37. The molecule has 0 aliphatic heterocycles. The van der Waals surface area contributed by atoms with Crippen LogP contribution in [0.15, 0.2) is 0 Å². The molecule has 0 heterocycles. The lowest BCUT2D eigenvalue weighted by Crippen LogP contribution is -2.33. The van der Waals surface area contributed by atoms with Gasteiger partial charge in [-0.2, -0.15) is 0 Å². The number of aliphatic hydroxyl groups excluding tert-OH is 1. The zero-order chi connectivity index (χ0) is 9.72. The standard InChI is InChI=1S/C9H19NO2/c1-7(2)10(4)9(12)6-5-8(3)11/h7-8,11H,5-6H2,1-4H3. The first kappa shape index (κ1) is 11.4. The first-order valence-electron chi connectivity index (χ1n) is 4.39. The molecule has 12 heavy (non-hydrogen) atoms. The summed E-state index contributed by atoms with van der Waals surface area (Å²) in [6.07, 6.45) is 0.608. The van der Waals surface area contributed by atoms with Gasteiger partial charge in [-0.1, -0.05) is 0 Å². The number of carbonyl (C=O) groups is 1. The van der Waals surface area contributed by atoms with E-state index in [-0.39, 0.29) is 18.1 Å². The second kappa shape index (κ2) is 5.14. The normalized spacial score (nSPS) is 13.2. The third-order valence-corrected chi connectivity index (χ3v) is 1.94. The van der Waals surface area contributed by atoms with Gasteiger partial charge in [-0.15, -0.1) is 0 Å². The molecule has 0 aliphatic rings. The minimum atomic E-state index is -0.380. The van der Waals surface area contributed by atoms with E-state index in [9.17, 15) is 4.79 Å². The fourth-order valence-electron chi connectivity index (χ4n) is 0.797. The van der Waals surface area contributed by atoms with Crippen LogP contribution in [0.3, 0.4) is 0 Å². The van der Waals surface area contributed by atoms with Crippen LogP contribution in [-0.4, -0.2) is 35.1 Å². The molecule has 1 N–H and O–H groups in total. The van der Waals surface area contributed by atoms with Gasteiger partial charge in [-0.25, -0.2) is 0 Å². The van der Waals surface area contributed by atoms with E-state index in [4.69, 9.17) is 5.11 Å². The molecule has 0 aromatic heterocycles. The van der Waals surface area contributed by atoms with Gasteiger partial charge in [0, 0.05) is 19.5 Å². The lowest BCUT2D eigenvalue weighted by molar-refractivity contribution is -0.131. The summed E-state index contributed by atoms with van der Waals surface area (Å²) in [5.74, 6) is 0.103. The van der Waals surface area contributed by atoms with Gasteiger partial charge in [0.25, 0.3) is 0 Å². The molecule has 0 radical (unpaired) electrons. The third-order valence-electron chi connectivity index (χ3n) is 1.94. The van der Waals surface area contributed by atoms with Crippen LogP contribution in [-0.2, 0) is 4.79 Å². The molecule has 0 rings (SSSR count). The summed E-state index contributed by atoms with van der Waals surface area (Å²) in [7, 11) is 1.79. The maximum Gasteiger partial charge on any atom is 0.222 e. The summed E-state index contributed by atoms with van der Waals surface area (Å²) in [5, 5.41) is 8.95. The van der Waals surface area contributed by atoms with E-state index in [0.717, 1.165) is 0 Å². The molecule has 0 saturated carbocycles. The van der Waals surface area contributed by atoms with Crippen molar-refractivity contribution >= 4 is 5.91 Å². The lowest BCUT2D eigenvalue weighted by Gasteiger charge is -2.21. The highest BCUT2D eigenvalue weighted by atomic mass is 16.3. The predicted octanol–water partition coefficient (Wildman–Crippen LogP) is 1.01. The smallest absolute Gasteiger partial charge is 0.222 e. The van der Waals surface area contributed by atoms with Crippen LogP contribution in [0.2, 0.25) is 0 Å². The van der Waals surface area contributed by atoms with Crippen molar-refractivity contribution in [1.29, 1.82) is 0 Å². The molecule has 1 atom stereocenters. The van der Waals surface area contributed by atoms with Gasteiger partial charge in [0.05, 0.1) is 6.10 Å². The van der Waals surface area contributed by atoms with E-state index in [1.54, 1.807) is 18.9 Å². The molecular formula is C9H19NO2. The van der Waals surface area contributed by atoms with Gasteiger partial charge in [0.1, 0.15) is 0 Å². The Morgan fingerprint density at radius 1 is 1.42 bits per heavy atom. The Morgan fingerprint density at radius 3 is 2.25 bits per heavy atom. The van der Waals surface area contributed by atoms with Crippen LogP contribution < -0.4 is 0 Å². The second-order valence-electron chi connectivity index (χ2n) is 3.49. The topological polar surface area (TPSA) is 40.5 Å². The van der Waals surface area contributed by atoms with E-state index in [0.29, 0.717) is 12.8 Å². The van der Waals surface area contributed by atoms with Crippen LogP contribution in [0.25, 0.3) is 0 Å². The summed E-state index contributed by atoms with van der Waals surface area (Å²) in [6, 6.07) is 0.242. The number of rotatable bonds is 4. The van der Waals surface area contributed by atoms with Crippen molar-refractivity contribution in [3.63, 3.8) is 0 Å². The number of amides is 1. The van der Waals surface area contributed by atoms with Gasteiger partial charge >= 0.3 is 0 Å². The van der Waals surface area contributed by atoms with Crippen molar-refractivity contribution in [2.45, 2.75) is 45.8 Å². The van der Waals surface area contributed by atoms with Crippen LogP contribution in [0.4, 0.5) is 0 Å². The largest absolute Gasteiger partial charge is 0.393 e. The van der Waals surface area contributed by atoms with E-state index in [1.807, 2.05) is 13.8 Å². The van der Waals surface area contributed by atoms with Crippen molar-refractivity contribution in [2.75, 3.05) is 7.05 Å². The quantitative estimate of drug-likeness (QED) is 0.689. The molecule has 0 bridgehead atoms. The maximum absolute atomic E-state index is 11.3. The van der Waals surface area contributed by atoms with E-state index in [1.165, 1.54) is 0 Å². The molecule has 3 nitrogen and oxygen atoms in total. The number of hydrogen-bond donors (Lipinski definition) is 1. The van der Waals surface area contributed by atoms with Gasteiger partial charge in [-0.05, 0) is 27.2 Å². The Hall–Kier alpha value is -0.570. The monoisotopic (exact) mass is 173 g/mol. The Kier molecular flexibility index (Phi) is 4.90. The number of aliphatic hydroxyl groups is 1. The number of hydrogen-bond acceptors (Lipinski definition) is 2. The lowest BCUT2D eigenvalue weighted by atomic mass is 10.2. The van der Waals surface area contributed by atoms with Gasteiger partial charge in [0.2, 0.25) is 5.91 Å². The molecule has 1 unspecified atom stereocenters. The highest BCUT2D eigenvalue weighted by molar-refractivity contribution is 5.76. The SMILES string of the molecule is CC(O)CCC(=O)N(C)C(C)C. The fraction of sp³-hybridized carbons (Fsp3) is 0.889. The van der Waals surface area contributed by atoms with Crippen molar-refractivity contribution in [3.05, 3.63) is 0 Å². The first-order valence-corrected chi connectivity index (χ1v) is 4.39. The molecule has 0 aliphatic carbocycles. The van der Waals surface area contributed by atoms with Crippen LogP contribution in [0.1, 0.15) is 33.6 Å². The molecule has 0 aromatic rings. The summed E-state index contributed by atoms with van der Waals surface area (Å²) < 4.78 is 0. The van der Waals surface area contributed by atoms with Crippen LogP contribution in [0.5, 0.6) is 0 Å².